The zero-order valence-corrected chi connectivity index (χ0v) is 12.6. The van der Waals surface area contributed by atoms with E-state index in [-0.39, 0.29) is 12.1 Å². The summed E-state index contributed by atoms with van der Waals surface area (Å²) in [6, 6.07) is 0.384. The van der Waals surface area contributed by atoms with Crippen LogP contribution in [-0.4, -0.2) is 47.7 Å². The molecule has 0 aromatic rings. The van der Waals surface area contributed by atoms with Gasteiger partial charge in [-0.1, -0.05) is 6.92 Å². The zero-order valence-electron chi connectivity index (χ0n) is 12.6. The van der Waals surface area contributed by atoms with E-state index in [2.05, 4.69) is 24.2 Å². The molecule has 1 atom stereocenters. The van der Waals surface area contributed by atoms with Crippen molar-refractivity contribution in [2.75, 3.05) is 13.1 Å². The number of nitrogens with two attached hydrogens (primary N) is 1. The molecule has 0 saturated carbocycles. The second-order valence-electron chi connectivity index (χ2n) is 6.01. The molecule has 1 rings (SSSR count). The first kappa shape index (κ1) is 15.6. The molecule has 0 aromatic carbocycles. The quantitative estimate of drug-likeness (QED) is 0.598. The van der Waals surface area contributed by atoms with Crippen LogP contribution in [0.1, 0.15) is 41.0 Å². The van der Waals surface area contributed by atoms with E-state index < -0.39 is 5.60 Å². The van der Waals surface area contributed by atoms with Gasteiger partial charge < -0.3 is 20.7 Å². The number of nitrogens with zero attached hydrogens (tertiary/aromatic N) is 2. The summed E-state index contributed by atoms with van der Waals surface area (Å²) in [5.41, 5.74) is 5.33. The average molecular weight is 270 g/mol. The molecule has 1 aliphatic heterocycles. The molecule has 3 N–H and O–H groups in total. The summed E-state index contributed by atoms with van der Waals surface area (Å²) < 4.78 is 5.27. The third-order valence-electron chi connectivity index (χ3n) is 2.84. The number of hydrogen-bond donors (Lipinski definition) is 2. The van der Waals surface area contributed by atoms with Gasteiger partial charge in [0, 0.05) is 19.1 Å². The summed E-state index contributed by atoms with van der Waals surface area (Å²) in [4.78, 5) is 17.7. The SMILES string of the molecule is CCC(C)NC(N)=NC1CN(C(=O)OC(C)(C)C)C1. The van der Waals surface area contributed by atoms with E-state index in [1.54, 1.807) is 4.90 Å². The Kier molecular flexibility index (Phi) is 5.03. The molecule has 110 valence electrons. The summed E-state index contributed by atoms with van der Waals surface area (Å²) in [6.07, 6.45) is 0.706. The van der Waals surface area contributed by atoms with Gasteiger partial charge in [0.05, 0.1) is 6.04 Å². The van der Waals surface area contributed by atoms with Crippen molar-refractivity contribution in [3.63, 3.8) is 0 Å². The molecule has 1 amide bonds. The first-order valence-corrected chi connectivity index (χ1v) is 6.79. The van der Waals surface area contributed by atoms with Crippen LogP contribution in [-0.2, 0) is 4.74 Å². The van der Waals surface area contributed by atoms with E-state index in [9.17, 15) is 4.79 Å². The molecule has 1 unspecified atom stereocenters. The van der Waals surface area contributed by atoms with Gasteiger partial charge in [-0.2, -0.15) is 0 Å². The van der Waals surface area contributed by atoms with Crippen molar-refractivity contribution in [1.82, 2.24) is 10.2 Å². The third kappa shape index (κ3) is 5.36. The van der Waals surface area contributed by atoms with Gasteiger partial charge in [-0.25, -0.2) is 9.79 Å². The second kappa shape index (κ2) is 6.12. The van der Waals surface area contributed by atoms with E-state index in [1.165, 1.54) is 0 Å². The van der Waals surface area contributed by atoms with Gasteiger partial charge >= 0.3 is 6.09 Å². The summed E-state index contributed by atoms with van der Waals surface area (Å²) in [5, 5.41) is 3.10. The highest BCUT2D eigenvalue weighted by Gasteiger charge is 2.33. The predicted molar refractivity (Wildman–Crippen MR) is 76.1 cm³/mol. The number of likely N-dealkylation sites (tertiary alicyclic amines) is 1. The fourth-order valence-corrected chi connectivity index (χ4v) is 1.60. The van der Waals surface area contributed by atoms with Crippen LogP contribution in [0.25, 0.3) is 0 Å². The molecule has 6 nitrogen and oxygen atoms in total. The van der Waals surface area contributed by atoms with Crippen LogP contribution in [0.4, 0.5) is 4.79 Å². The molecule has 0 radical (unpaired) electrons. The maximum absolute atomic E-state index is 11.7. The number of hydrogen-bond acceptors (Lipinski definition) is 3. The summed E-state index contributed by atoms with van der Waals surface area (Å²) >= 11 is 0. The van der Waals surface area contributed by atoms with Gasteiger partial charge in [0.1, 0.15) is 5.60 Å². The molecule has 19 heavy (non-hydrogen) atoms. The molecule has 1 fully saturated rings. The van der Waals surface area contributed by atoms with E-state index in [4.69, 9.17) is 10.5 Å². The number of nitrogens with one attached hydrogen (secondary N) is 1. The van der Waals surface area contributed by atoms with Gasteiger partial charge in [-0.05, 0) is 34.1 Å². The minimum absolute atomic E-state index is 0.0732. The first-order chi connectivity index (χ1) is 8.71. The third-order valence-corrected chi connectivity index (χ3v) is 2.84. The molecule has 6 heteroatoms. The van der Waals surface area contributed by atoms with Crippen molar-refractivity contribution >= 4 is 12.1 Å². The number of rotatable bonds is 3. The van der Waals surface area contributed by atoms with Crippen molar-refractivity contribution in [2.45, 2.75) is 58.7 Å². The van der Waals surface area contributed by atoms with Crippen molar-refractivity contribution in [3.05, 3.63) is 0 Å². The lowest BCUT2D eigenvalue weighted by molar-refractivity contribution is 0.00901. The van der Waals surface area contributed by atoms with Crippen LogP contribution in [0.3, 0.4) is 0 Å². The fourth-order valence-electron chi connectivity index (χ4n) is 1.60. The number of carbonyl (C=O) groups excluding carboxylic acids is 1. The Morgan fingerprint density at radius 1 is 1.53 bits per heavy atom. The second-order valence-corrected chi connectivity index (χ2v) is 6.01. The lowest BCUT2D eigenvalue weighted by Gasteiger charge is -2.37. The van der Waals surface area contributed by atoms with Gasteiger partial charge in [0.25, 0.3) is 0 Å². The van der Waals surface area contributed by atoms with E-state index in [0.717, 1.165) is 6.42 Å². The molecule has 0 aromatic heterocycles. The van der Waals surface area contributed by atoms with Crippen molar-refractivity contribution in [1.29, 1.82) is 0 Å². The average Bonchev–Trinajstić information content (AvgIpc) is 2.19. The Bertz CT molecular complexity index is 343. The number of ether oxygens (including phenoxy) is 1. The number of amides is 1. The number of guanidine groups is 1. The molecule has 0 spiro atoms. The first-order valence-electron chi connectivity index (χ1n) is 6.79. The van der Waals surface area contributed by atoms with Crippen LogP contribution < -0.4 is 11.1 Å². The predicted octanol–water partition coefficient (Wildman–Crippen LogP) is 1.31. The van der Waals surface area contributed by atoms with E-state index in [1.807, 2.05) is 20.8 Å². The summed E-state index contributed by atoms with van der Waals surface area (Å²) in [6.45, 7) is 10.8. The lowest BCUT2D eigenvalue weighted by Crippen LogP contribution is -2.55. The Morgan fingerprint density at radius 2 is 2.11 bits per heavy atom. The van der Waals surface area contributed by atoms with Gasteiger partial charge in [0.2, 0.25) is 0 Å². The monoisotopic (exact) mass is 270 g/mol. The Labute approximate surface area is 115 Å². The van der Waals surface area contributed by atoms with Crippen LogP contribution in [0.15, 0.2) is 4.99 Å². The van der Waals surface area contributed by atoms with Gasteiger partial charge in [-0.3, -0.25) is 0 Å². The van der Waals surface area contributed by atoms with Crippen molar-refractivity contribution in [2.24, 2.45) is 10.7 Å². The van der Waals surface area contributed by atoms with Crippen molar-refractivity contribution in [3.8, 4) is 0 Å². The standard InChI is InChI=1S/C13H26N4O2/c1-6-9(2)15-11(14)16-10-7-17(8-10)12(18)19-13(3,4)5/h9-10H,6-8H2,1-5H3,(H3,14,15,16). The zero-order chi connectivity index (χ0) is 14.6. The molecular formula is C13H26N4O2. The molecular weight excluding hydrogens is 244 g/mol. The van der Waals surface area contributed by atoms with Gasteiger partial charge in [-0.15, -0.1) is 0 Å². The molecule has 0 aliphatic carbocycles. The summed E-state index contributed by atoms with van der Waals surface area (Å²) in [7, 11) is 0. The van der Waals surface area contributed by atoms with Crippen LogP contribution in [0.2, 0.25) is 0 Å². The van der Waals surface area contributed by atoms with Gasteiger partial charge in [0.15, 0.2) is 5.96 Å². The van der Waals surface area contributed by atoms with Crippen molar-refractivity contribution < 1.29 is 9.53 Å². The lowest BCUT2D eigenvalue weighted by atomic mass is 10.1. The maximum Gasteiger partial charge on any atom is 0.410 e. The minimum Gasteiger partial charge on any atom is -0.444 e. The Morgan fingerprint density at radius 3 is 2.58 bits per heavy atom. The smallest absolute Gasteiger partial charge is 0.410 e. The minimum atomic E-state index is -0.456. The topological polar surface area (TPSA) is 80.0 Å². The molecule has 1 saturated heterocycles. The highest BCUT2D eigenvalue weighted by atomic mass is 16.6. The van der Waals surface area contributed by atoms with E-state index >= 15 is 0 Å². The molecule has 1 heterocycles. The Hall–Kier alpha value is -1.46. The van der Waals surface area contributed by atoms with Crippen LogP contribution in [0, 0.1) is 0 Å². The van der Waals surface area contributed by atoms with E-state index in [0.29, 0.717) is 25.1 Å². The largest absolute Gasteiger partial charge is 0.444 e. The Balaban J connectivity index is 2.33. The highest BCUT2D eigenvalue weighted by Crippen LogP contribution is 2.16. The normalized spacial score (nSPS) is 18.8. The van der Waals surface area contributed by atoms with Crippen LogP contribution >= 0.6 is 0 Å². The maximum atomic E-state index is 11.7. The number of aliphatic imine (C=N–C) groups is 1. The highest BCUT2D eigenvalue weighted by molar-refractivity contribution is 5.78. The summed E-state index contributed by atoms with van der Waals surface area (Å²) in [5.74, 6) is 0.447. The molecule has 1 aliphatic rings. The van der Waals surface area contributed by atoms with Crippen LogP contribution in [0.5, 0.6) is 0 Å². The number of carbonyl (C=O) groups is 1. The molecule has 0 bridgehead atoms. The fraction of sp³-hybridized carbons (Fsp3) is 0.846.